The molecule has 0 aliphatic heterocycles. The van der Waals surface area contributed by atoms with E-state index in [2.05, 4.69) is 30.1 Å². The lowest BCUT2D eigenvalue weighted by Crippen LogP contribution is -2.22. The molecule has 2 aromatic rings. The third-order valence-electron chi connectivity index (χ3n) is 4.04. The Morgan fingerprint density at radius 2 is 1.84 bits per heavy atom. The number of methoxy groups -OCH3 is 1. The molecule has 4 nitrogen and oxygen atoms in total. The smallest absolute Gasteiger partial charge is 0.259 e. The van der Waals surface area contributed by atoms with Crippen LogP contribution in [0.25, 0.3) is 0 Å². The van der Waals surface area contributed by atoms with Gasteiger partial charge in [0, 0.05) is 29.5 Å². The van der Waals surface area contributed by atoms with Gasteiger partial charge in [-0.2, -0.15) is 0 Å². The van der Waals surface area contributed by atoms with Crippen molar-refractivity contribution in [2.75, 3.05) is 30.4 Å². The second kappa shape index (κ2) is 8.45. The van der Waals surface area contributed by atoms with Gasteiger partial charge in [-0.1, -0.05) is 23.2 Å². The summed E-state index contributed by atoms with van der Waals surface area (Å²) < 4.78 is 5.24. The minimum atomic E-state index is -0.320. The highest BCUT2D eigenvalue weighted by Gasteiger charge is 2.18. The third kappa shape index (κ3) is 4.39. The molecule has 0 saturated heterocycles. The predicted molar refractivity (Wildman–Crippen MR) is 106 cm³/mol. The Balaban J connectivity index is 2.30. The number of halogens is 2. The van der Waals surface area contributed by atoms with Crippen molar-refractivity contribution in [3.63, 3.8) is 0 Å². The van der Waals surface area contributed by atoms with Gasteiger partial charge in [0.2, 0.25) is 0 Å². The average molecular weight is 381 g/mol. The zero-order chi connectivity index (χ0) is 18.6. The molecule has 2 aromatic carbocycles. The maximum atomic E-state index is 12.7. The molecule has 0 saturated carbocycles. The van der Waals surface area contributed by atoms with E-state index < -0.39 is 0 Å². The minimum absolute atomic E-state index is 0.298. The maximum absolute atomic E-state index is 12.7. The summed E-state index contributed by atoms with van der Waals surface area (Å²) in [5.41, 5.74) is 3.14. The fraction of sp³-hybridized carbons (Fsp3) is 0.316. The highest BCUT2D eigenvalue weighted by atomic mass is 35.5. The van der Waals surface area contributed by atoms with E-state index in [0.29, 0.717) is 21.4 Å². The Morgan fingerprint density at radius 3 is 2.40 bits per heavy atom. The first-order valence-corrected chi connectivity index (χ1v) is 8.86. The lowest BCUT2D eigenvalue weighted by atomic mass is 10.1. The van der Waals surface area contributed by atoms with E-state index in [9.17, 15) is 4.79 Å². The van der Waals surface area contributed by atoms with Crippen molar-refractivity contribution in [2.45, 2.75) is 20.8 Å². The second-order valence-corrected chi connectivity index (χ2v) is 6.44. The molecule has 0 spiro atoms. The number of benzene rings is 2. The largest absolute Gasteiger partial charge is 0.494 e. The Kier molecular flexibility index (Phi) is 6.57. The second-order valence-electron chi connectivity index (χ2n) is 5.59. The van der Waals surface area contributed by atoms with Gasteiger partial charge in [0.05, 0.1) is 17.7 Å². The molecule has 1 N–H and O–H groups in total. The van der Waals surface area contributed by atoms with Crippen molar-refractivity contribution in [2.24, 2.45) is 0 Å². The van der Waals surface area contributed by atoms with Gasteiger partial charge in [0.25, 0.3) is 5.91 Å². The van der Waals surface area contributed by atoms with E-state index in [1.807, 2.05) is 19.1 Å². The van der Waals surface area contributed by atoms with Crippen LogP contribution in [0, 0.1) is 6.92 Å². The van der Waals surface area contributed by atoms with Crippen LogP contribution >= 0.6 is 23.2 Å². The zero-order valence-corrected chi connectivity index (χ0v) is 16.3. The van der Waals surface area contributed by atoms with Crippen molar-refractivity contribution in [1.82, 2.24) is 0 Å². The average Bonchev–Trinajstić information content (AvgIpc) is 2.57. The number of nitrogens with zero attached hydrogens (tertiary/aromatic N) is 1. The first kappa shape index (κ1) is 19.4. The number of hydrogen-bond acceptors (Lipinski definition) is 3. The van der Waals surface area contributed by atoms with E-state index >= 15 is 0 Å². The summed E-state index contributed by atoms with van der Waals surface area (Å²) in [7, 11) is 1.47. The molecule has 0 atom stereocenters. The van der Waals surface area contributed by atoms with Crippen LogP contribution in [0.15, 0.2) is 30.3 Å². The summed E-state index contributed by atoms with van der Waals surface area (Å²) in [4.78, 5) is 14.9. The van der Waals surface area contributed by atoms with Gasteiger partial charge in [0.15, 0.2) is 0 Å². The summed E-state index contributed by atoms with van der Waals surface area (Å²) >= 11 is 12.1. The first-order valence-electron chi connectivity index (χ1n) is 8.11. The van der Waals surface area contributed by atoms with E-state index in [1.165, 1.54) is 7.11 Å². The van der Waals surface area contributed by atoms with Crippen molar-refractivity contribution >= 4 is 40.5 Å². The standard InChI is InChI=1S/C19H22Cl2N2O2/c1-5-23(6-2)14-7-8-17(12(3)9-14)22-19(24)15-10-13(20)11-16(21)18(15)25-4/h7-11H,5-6H2,1-4H3,(H,22,24). The lowest BCUT2D eigenvalue weighted by Gasteiger charge is -2.22. The first-order chi connectivity index (χ1) is 11.9. The molecule has 0 aliphatic carbocycles. The van der Waals surface area contributed by atoms with Crippen LogP contribution in [0.2, 0.25) is 10.0 Å². The molecular formula is C19H22Cl2N2O2. The summed E-state index contributed by atoms with van der Waals surface area (Å²) in [6.45, 7) is 8.05. The van der Waals surface area contributed by atoms with Crippen LogP contribution < -0.4 is 15.0 Å². The fourth-order valence-electron chi connectivity index (χ4n) is 2.70. The number of rotatable bonds is 6. The van der Waals surface area contributed by atoms with Gasteiger partial charge in [0.1, 0.15) is 5.75 Å². The molecule has 0 fully saturated rings. The topological polar surface area (TPSA) is 41.6 Å². The van der Waals surface area contributed by atoms with E-state index in [-0.39, 0.29) is 5.91 Å². The predicted octanol–water partition coefficient (Wildman–Crippen LogP) is 5.41. The summed E-state index contributed by atoms with van der Waals surface area (Å²) in [6.07, 6.45) is 0. The van der Waals surface area contributed by atoms with Crippen LogP contribution in [0.1, 0.15) is 29.8 Å². The summed E-state index contributed by atoms with van der Waals surface area (Å²) in [6, 6.07) is 9.05. The van der Waals surface area contributed by atoms with Crippen molar-refractivity contribution < 1.29 is 9.53 Å². The molecule has 1 amide bonds. The van der Waals surface area contributed by atoms with Gasteiger partial charge in [-0.15, -0.1) is 0 Å². The Labute approximate surface area is 158 Å². The Hall–Kier alpha value is -1.91. The monoisotopic (exact) mass is 380 g/mol. The number of hydrogen-bond donors (Lipinski definition) is 1. The molecule has 0 radical (unpaired) electrons. The molecule has 134 valence electrons. The zero-order valence-electron chi connectivity index (χ0n) is 14.8. The quantitative estimate of drug-likeness (QED) is 0.728. The van der Waals surface area contributed by atoms with Gasteiger partial charge in [-0.05, 0) is 56.7 Å². The number of anilines is 2. The Bertz CT molecular complexity index is 774. The number of ether oxygens (including phenoxy) is 1. The minimum Gasteiger partial charge on any atom is -0.494 e. The van der Waals surface area contributed by atoms with Crippen molar-refractivity contribution in [1.29, 1.82) is 0 Å². The van der Waals surface area contributed by atoms with Gasteiger partial charge < -0.3 is 15.0 Å². The van der Waals surface area contributed by atoms with Gasteiger partial charge >= 0.3 is 0 Å². The van der Waals surface area contributed by atoms with E-state index in [1.54, 1.807) is 12.1 Å². The van der Waals surface area contributed by atoms with Gasteiger partial charge in [-0.3, -0.25) is 4.79 Å². The molecule has 0 bridgehead atoms. The molecule has 6 heteroatoms. The van der Waals surface area contributed by atoms with Crippen LogP contribution in [-0.4, -0.2) is 26.1 Å². The summed E-state index contributed by atoms with van der Waals surface area (Å²) in [5, 5.41) is 3.58. The van der Waals surface area contributed by atoms with Crippen LogP contribution in [-0.2, 0) is 0 Å². The number of nitrogens with one attached hydrogen (secondary N) is 1. The Morgan fingerprint density at radius 1 is 1.16 bits per heavy atom. The van der Waals surface area contributed by atoms with Crippen molar-refractivity contribution in [3.8, 4) is 5.75 Å². The SMILES string of the molecule is CCN(CC)c1ccc(NC(=O)c2cc(Cl)cc(Cl)c2OC)c(C)c1. The highest BCUT2D eigenvalue weighted by Crippen LogP contribution is 2.33. The van der Waals surface area contributed by atoms with Crippen molar-refractivity contribution in [3.05, 3.63) is 51.5 Å². The van der Waals surface area contributed by atoms with E-state index in [0.717, 1.165) is 30.0 Å². The molecule has 25 heavy (non-hydrogen) atoms. The molecule has 2 rings (SSSR count). The summed E-state index contributed by atoms with van der Waals surface area (Å²) in [5.74, 6) is -0.0130. The van der Waals surface area contributed by atoms with E-state index in [4.69, 9.17) is 27.9 Å². The third-order valence-corrected chi connectivity index (χ3v) is 4.54. The van der Waals surface area contributed by atoms with Gasteiger partial charge in [-0.25, -0.2) is 0 Å². The van der Waals surface area contributed by atoms with Crippen LogP contribution in [0.3, 0.4) is 0 Å². The molecular weight excluding hydrogens is 359 g/mol. The molecule has 0 aliphatic rings. The number of carbonyl (C=O) groups is 1. The normalized spacial score (nSPS) is 10.5. The fourth-order valence-corrected chi connectivity index (χ4v) is 3.27. The highest BCUT2D eigenvalue weighted by molar-refractivity contribution is 6.36. The number of aryl methyl sites for hydroxylation is 1. The maximum Gasteiger partial charge on any atom is 0.259 e. The van der Waals surface area contributed by atoms with Crippen LogP contribution in [0.5, 0.6) is 5.75 Å². The lowest BCUT2D eigenvalue weighted by molar-refractivity contribution is 0.102. The van der Waals surface area contributed by atoms with Crippen LogP contribution in [0.4, 0.5) is 11.4 Å². The molecule has 0 heterocycles. The number of amides is 1. The number of carbonyl (C=O) groups excluding carboxylic acids is 1. The molecule has 0 unspecified atom stereocenters. The molecule has 0 aromatic heterocycles.